The topological polar surface area (TPSA) is 65.1 Å². The molecule has 15 heavy (non-hydrogen) atoms. The highest BCUT2D eigenvalue weighted by molar-refractivity contribution is 5.81. The van der Waals surface area contributed by atoms with Crippen LogP contribution in [0.5, 0.6) is 0 Å². The molecule has 0 bridgehead atoms. The van der Waals surface area contributed by atoms with Crippen molar-refractivity contribution in [3.05, 3.63) is 0 Å². The molecule has 0 aromatic rings. The van der Waals surface area contributed by atoms with E-state index in [9.17, 15) is 9.59 Å². The second-order valence-corrected chi connectivity index (χ2v) is 2.91. The Balaban J connectivity index is 2.56. The van der Waals surface area contributed by atoms with Crippen LogP contribution < -0.4 is 0 Å². The van der Waals surface area contributed by atoms with E-state index in [-0.39, 0.29) is 13.2 Å². The molecule has 1 amide bonds. The van der Waals surface area contributed by atoms with Crippen LogP contribution in [0.15, 0.2) is 0 Å². The van der Waals surface area contributed by atoms with Crippen molar-refractivity contribution in [2.75, 3.05) is 19.8 Å². The van der Waals surface area contributed by atoms with E-state index in [4.69, 9.17) is 14.3 Å². The summed E-state index contributed by atoms with van der Waals surface area (Å²) in [5.74, 6) is -0.456. The maximum Gasteiger partial charge on any atom is 0.434 e. The second-order valence-electron chi connectivity index (χ2n) is 2.91. The number of esters is 1. The highest BCUT2D eigenvalue weighted by Gasteiger charge is 2.37. The fourth-order valence-electron chi connectivity index (χ4n) is 1.29. The van der Waals surface area contributed by atoms with E-state index in [1.54, 1.807) is 13.8 Å². The van der Waals surface area contributed by atoms with Gasteiger partial charge in [0.2, 0.25) is 0 Å². The number of hydrogen-bond acceptors (Lipinski definition) is 5. The van der Waals surface area contributed by atoms with Crippen LogP contribution in [0.3, 0.4) is 0 Å². The predicted octanol–water partition coefficient (Wildman–Crippen LogP) is 0.712. The minimum absolute atomic E-state index is 0.244. The van der Waals surface area contributed by atoms with Crippen LogP contribution in [0.4, 0.5) is 4.79 Å². The van der Waals surface area contributed by atoms with Gasteiger partial charge in [-0.15, -0.1) is 0 Å². The van der Waals surface area contributed by atoms with Crippen LogP contribution in [0.1, 0.15) is 20.3 Å². The van der Waals surface area contributed by atoms with Gasteiger partial charge in [0.05, 0.1) is 19.8 Å². The Morgan fingerprint density at radius 3 is 2.60 bits per heavy atom. The summed E-state index contributed by atoms with van der Waals surface area (Å²) in [5.41, 5.74) is 0. The lowest BCUT2D eigenvalue weighted by Crippen LogP contribution is -2.40. The minimum atomic E-state index is -0.677. The van der Waals surface area contributed by atoms with Gasteiger partial charge in [-0.1, -0.05) is 0 Å². The summed E-state index contributed by atoms with van der Waals surface area (Å²) in [6.07, 6.45) is -0.203. The summed E-state index contributed by atoms with van der Waals surface area (Å²) in [6.45, 7) is 4.25. The Morgan fingerprint density at radius 2 is 2.00 bits per heavy atom. The van der Waals surface area contributed by atoms with Crippen molar-refractivity contribution in [1.82, 2.24) is 5.06 Å². The molecule has 0 spiro atoms. The van der Waals surface area contributed by atoms with Crippen molar-refractivity contribution in [3.63, 3.8) is 0 Å². The fraction of sp³-hybridized carbons (Fsp3) is 0.778. The van der Waals surface area contributed by atoms with Gasteiger partial charge in [-0.3, -0.25) is 4.84 Å². The number of ether oxygens (including phenoxy) is 2. The molecular formula is C9H15NO5. The summed E-state index contributed by atoms with van der Waals surface area (Å²) in [5, 5.41) is 0.946. The molecule has 6 nitrogen and oxygen atoms in total. The first-order valence-electron chi connectivity index (χ1n) is 4.96. The Labute approximate surface area is 88.0 Å². The van der Waals surface area contributed by atoms with Crippen molar-refractivity contribution in [2.24, 2.45) is 0 Å². The van der Waals surface area contributed by atoms with Crippen LogP contribution in [0.2, 0.25) is 0 Å². The predicted molar refractivity (Wildman–Crippen MR) is 49.9 cm³/mol. The molecule has 1 atom stereocenters. The Morgan fingerprint density at radius 1 is 1.33 bits per heavy atom. The number of hydroxylamine groups is 2. The molecule has 0 aromatic heterocycles. The molecule has 1 aliphatic rings. The summed E-state index contributed by atoms with van der Waals surface area (Å²) >= 11 is 0. The number of hydrogen-bond donors (Lipinski definition) is 0. The maximum atomic E-state index is 11.4. The molecule has 1 unspecified atom stereocenters. The van der Waals surface area contributed by atoms with Crippen LogP contribution in [0, 0.1) is 0 Å². The van der Waals surface area contributed by atoms with E-state index in [1.165, 1.54) is 0 Å². The molecular weight excluding hydrogens is 202 g/mol. The standard InChI is InChI=1S/C9H15NO5/c1-3-13-8(11)7-5-6-15-10(7)9(12)14-4-2/h7H,3-6H2,1-2H3. The van der Waals surface area contributed by atoms with E-state index < -0.39 is 18.1 Å². The average molecular weight is 217 g/mol. The maximum absolute atomic E-state index is 11.4. The highest BCUT2D eigenvalue weighted by Crippen LogP contribution is 2.17. The fourth-order valence-corrected chi connectivity index (χ4v) is 1.29. The van der Waals surface area contributed by atoms with E-state index >= 15 is 0 Å². The van der Waals surface area contributed by atoms with Gasteiger partial charge in [-0.2, -0.15) is 5.06 Å². The SMILES string of the molecule is CCOC(=O)C1CCON1C(=O)OCC. The third-order valence-electron chi connectivity index (χ3n) is 1.91. The lowest BCUT2D eigenvalue weighted by atomic mass is 10.2. The van der Waals surface area contributed by atoms with Gasteiger partial charge in [-0.25, -0.2) is 9.59 Å². The van der Waals surface area contributed by atoms with Crippen LogP contribution in [-0.4, -0.2) is 43.0 Å². The largest absolute Gasteiger partial charge is 0.464 e. The molecule has 1 aliphatic heterocycles. The van der Waals surface area contributed by atoms with Gasteiger partial charge < -0.3 is 9.47 Å². The van der Waals surface area contributed by atoms with Gasteiger partial charge >= 0.3 is 12.1 Å². The summed E-state index contributed by atoms with van der Waals surface area (Å²) < 4.78 is 9.55. The zero-order chi connectivity index (χ0) is 11.3. The van der Waals surface area contributed by atoms with Gasteiger partial charge in [0, 0.05) is 6.42 Å². The van der Waals surface area contributed by atoms with Gasteiger partial charge in [0.15, 0.2) is 6.04 Å². The van der Waals surface area contributed by atoms with E-state index in [0.29, 0.717) is 13.0 Å². The third kappa shape index (κ3) is 2.82. The normalized spacial score (nSPS) is 20.1. The van der Waals surface area contributed by atoms with Gasteiger partial charge in [0.1, 0.15) is 0 Å². The summed E-state index contributed by atoms with van der Waals surface area (Å²) in [6, 6.07) is -0.677. The zero-order valence-electron chi connectivity index (χ0n) is 8.89. The van der Waals surface area contributed by atoms with Crippen molar-refractivity contribution in [3.8, 4) is 0 Å². The highest BCUT2D eigenvalue weighted by atomic mass is 16.7. The molecule has 0 radical (unpaired) electrons. The van der Waals surface area contributed by atoms with Crippen molar-refractivity contribution < 1.29 is 23.9 Å². The van der Waals surface area contributed by atoms with Crippen LogP contribution in [-0.2, 0) is 19.1 Å². The zero-order valence-corrected chi connectivity index (χ0v) is 8.89. The molecule has 0 saturated carbocycles. The Hall–Kier alpha value is -1.30. The molecule has 0 aromatic carbocycles. The van der Waals surface area contributed by atoms with Gasteiger partial charge in [-0.05, 0) is 13.8 Å². The van der Waals surface area contributed by atoms with Crippen molar-refractivity contribution >= 4 is 12.1 Å². The summed E-state index contributed by atoms with van der Waals surface area (Å²) in [4.78, 5) is 27.8. The van der Waals surface area contributed by atoms with Crippen molar-refractivity contribution in [2.45, 2.75) is 26.3 Å². The second kappa shape index (κ2) is 5.55. The third-order valence-corrected chi connectivity index (χ3v) is 1.91. The molecule has 0 N–H and O–H groups in total. The van der Waals surface area contributed by atoms with Gasteiger partial charge in [0.25, 0.3) is 0 Å². The van der Waals surface area contributed by atoms with Crippen molar-refractivity contribution in [1.29, 1.82) is 0 Å². The van der Waals surface area contributed by atoms with E-state index in [1.807, 2.05) is 0 Å². The minimum Gasteiger partial charge on any atom is -0.464 e. The smallest absolute Gasteiger partial charge is 0.434 e. The molecule has 1 saturated heterocycles. The molecule has 86 valence electrons. The summed E-state index contributed by atoms with van der Waals surface area (Å²) in [7, 11) is 0. The lowest BCUT2D eigenvalue weighted by molar-refractivity contribution is -0.162. The number of rotatable bonds is 3. The number of amides is 1. The Bertz CT molecular complexity index is 219. The Kier molecular flexibility index (Phi) is 4.36. The quantitative estimate of drug-likeness (QED) is 0.651. The molecule has 6 heteroatoms. The van der Waals surface area contributed by atoms with E-state index in [0.717, 1.165) is 5.06 Å². The van der Waals surface area contributed by atoms with Crippen LogP contribution >= 0.6 is 0 Å². The lowest BCUT2D eigenvalue weighted by Gasteiger charge is -2.19. The first kappa shape index (κ1) is 11.8. The molecule has 0 aliphatic carbocycles. The van der Waals surface area contributed by atoms with Crippen LogP contribution in [0.25, 0.3) is 0 Å². The molecule has 1 fully saturated rings. The first-order chi connectivity index (χ1) is 7.20. The first-order valence-corrected chi connectivity index (χ1v) is 4.96. The number of carbonyl (C=O) groups is 2. The monoisotopic (exact) mass is 217 g/mol. The molecule has 1 heterocycles. The number of carbonyl (C=O) groups excluding carboxylic acids is 2. The number of nitrogens with zero attached hydrogens (tertiary/aromatic N) is 1. The average Bonchev–Trinajstić information content (AvgIpc) is 2.66. The molecule has 1 rings (SSSR count). The van der Waals surface area contributed by atoms with E-state index in [2.05, 4.69) is 0 Å².